The van der Waals surface area contributed by atoms with Crippen LogP contribution in [-0.4, -0.2) is 20.2 Å². The molecule has 0 radical (unpaired) electrons. The lowest BCUT2D eigenvalue weighted by molar-refractivity contribution is 1.09. The number of rotatable bonds is 1. The van der Waals surface area contributed by atoms with E-state index in [0.29, 0.717) is 0 Å². The highest BCUT2D eigenvalue weighted by molar-refractivity contribution is 5.52. The van der Waals surface area contributed by atoms with E-state index in [-0.39, 0.29) is 0 Å². The van der Waals surface area contributed by atoms with Crippen molar-refractivity contribution in [2.45, 2.75) is 0 Å². The molecule has 0 aliphatic carbocycles. The van der Waals surface area contributed by atoms with Crippen molar-refractivity contribution in [2.24, 2.45) is 0 Å². The number of aromatic amines is 1. The molecule has 0 fully saturated rings. The first kappa shape index (κ1) is 11.0. The number of nitrogens with zero attached hydrogens (tertiary/aromatic N) is 3. The molecule has 0 unspecified atom stereocenters. The first-order valence-electron chi connectivity index (χ1n) is 5.22. The van der Waals surface area contributed by atoms with Crippen LogP contribution in [0, 0.1) is 0 Å². The average Bonchev–Trinajstić information content (AvgIpc) is 2.96. The van der Waals surface area contributed by atoms with Crippen LogP contribution in [0.5, 0.6) is 0 Å². The number of pyridine rings is 2. The summed E-state index contributed by atoms with van der Waals surface area (Å²) < 4.78 is 0. The molecule has 0 spiro atoms. The topological polar surface area (TPSA) is 54.5 Å². The second kappa shape index (κ2) is 6.17. The summed E-state index contributed by atoms with van der Waals surface area (Å²) in [6, 6.07) is 13.4. The van der Waals surface area contributed by atoms with E-state index in [0.717, 1.165) is 11.4 Å². The molecular formula is C13H12N4. The van der Waals surface area contributed by atoms with Crippen LogP contribution in [-0.2, 0) is 0 Å². The standard InChI is InChI=1S/C8H7N3.C5H5N/c1-2-5-9-7(3-1)8-4-6-10-11-8;1-2-4-6-5-3-1/h1-6H,(H,10,11);1-5H. The molecule has 4 heteroatoms. The molecule has 3 heterocycles. The Balaban J connectivity index is 0.000000153. The van der Waals surface area contributed by atoms with E-state index in [4.69, 9.17) is 0 Å². The average molecular weight is 224 g/mol. The lowest BCUT2D eigenvalue weighted by atomic mass is 10.3. The van der Waals surface area contributed by atoms with Gasteiger partial charge in [-0.2, -0.15) is 5.10 Å². The van der Waals surface area contributed by atoms with E-state index >= 15 is 0 Å². The quantitative estimate of drug-likeness (QED) is 0.691. The van der Waals surface area contributed by atoms with Gasteiger partial charge in [0.15, 0.2) is 0 Å². The molecule has 84 valence electrons. The molecule has 3 rings (SSSR count). The molecule has 0 atom stereocenters. The van der Waals surface area contributed by atoms with E-state index in [1.54, 1.807) is 24.8 Å². The number of hydrogen-bond acceptors (Lipinski definition) is 3. The van der Waals surface area contributed by atoms with Crippen LogP contribution >= 0.6 is 0 Å². The van der Waals surface area contributed by atoms with Gasteiger partial charge in [-0.25, -0.2) is 0 Å². The Labute approximate surface area is 99.4 Å². The first-order valence-corrected chi connectivity index (χ1v) is 5.22. The van der Waals surface area contributed by atoms with Gasteiger partial charge in [0, 0.05) is 24.8 Å². The predicted molar refractivity (Wildman–Crippen MR) is 66.1 cm³/mol. The largest absolute Gasteiger partial charge is 0.276 e. The van der Waals surface area contributed by atoms with Gasteiger partial charge in [-0.3, -0.25) is 15.1 Å². The minimum atomic E-state index is 0.921. The Bertz CT molecular complexity index is 479. The molecule has 0 saturated heterocycles. The van der Waals surface area contributed by atoms with Crippen molar-refractivity contribution in [3.8, 4) is 11.4 Å². The molecule has 0 aliphatic heterocycles. The predicted octanol–water partition coefficient (Wildman–Crippen LogP) is 2.55. The number of hydrogen-bond donors (Lipinski definition) is 1. The van der Waals surface area contributed by atoms with Gasteiger partial charge in [-0.05, 0) is 30.3 Å². The molecule has 0 aliphatic rings. The van der Waals surface area contributed by atoms with E-state index in [2.05, 4.69) is 20.2 Å². The molecule has 1 N–H and O–H groups in total. The fourth-order valence-corrected chi connectivity index (χ4v) is 1.23. The summed E-state index contributed by atoms with van der Waals surface area (Å²) in [5.41, 5.74) is 1.87. The van der Waals surface area contributed by atoms with Gasteiger partial charge in [0.25, 0.3) is 0 Å². The van der Waals surface area contributed by atoms with Gasteiger partial charge in [0.05, 0.1) is 11.4 Å². The van der Waals surface area contributed by atoms with Gasteiger partial charge < -0.3 is 0 Å². The zero-order valence-corrected chi connectivity index (χ0v) is 9.19. The number of H-pyrrole nitrogens is 1. The Morgan fingerprint density at radius 3 is 2.06 bits per heavy atom. The summed E-state index contributed by atoms with van der Waals surface area (Å²) in [6.45, 7) is 0. The molecule has 4 nitrogen and oxygen atoms in total. The highest BCUT2D eigenvalue weighted by Gasteiger charge is 1.95. The zero-order chi connectivity index (χ0) is 11.8. The molecule has 0 amide bonds. The molecule has 0 bridgehead atoms. The minimum absolute atomic E-state index is 0.921. The molecule has 3 aromatic rings. The van der Waals surface area contributed by atoms with Crippen molar-refractivity contribution in [2.75, 3.05) is 0 Å². The second-order valence-electron chi connectivity index (χ2n) is 3.21. The Morgan fingerprint density at radius 1 is 0.765 bits per heavy atom. The van der Waals surface area contributed by atoms with Crippen LogP contribution in [0.25, 0.3) is 11.4 Å². The second-order valence-corrected chi connectivity index (χ2v) is 3.21. The van der Waals surface area contributed by atoms with Crippen LogP contribution in [0.3, 0.4) is 0 Å². The van der Waals surface area contributed by atoms with E-state index in [1.165, 1.54) is 0 Å². The normalized spacial score (nSPS) is 9.18. The minimum Gasteiger partial charge on any atom is -0.276 e. The smallest absolute Gasteiger partial charge is 0.0880 e. The highest BCUT2D eigenvalue weighted by Crippen LogP contribution is 2.10. The summed E-state index contributed by atoms with van der Waals surface area (Å²) in [4.78, 5) is 7.93. The van der Waals surface area contributed by atoms with Crippen molar-refractivity contribution in [1.29, 1.82) is 0 Å². The molecular weight excluding hydrogens is 212 g/mol. The highest BCUT2D eigenvalue weighted by atomic mass is 15.1. The van der Waals surface area contributed by atoms with E-state index in [1.807, 2.05) is 42.5 Å². The molecule has 0 saturated carbocycles. The maximum atomic E-state index is 4.15. The summed E-state index contributed by atoms with van der Waals surface area (Å²) in [5, 5.41) is 6.67. The van der Waals surface area contributed by atoms with Gasteiger partial charge in [0.2, 0.25) is 0 Å². The van der Waals surface area contributed by atoms with Crippen molar-refractivity contribution < 1.29 is 0 Å². The third-order valence-electron chi connectivity index (χ3n) is 2.01. The van der Waals surface area contributed by atoms with E-state index < -0.39 is 0 Å². The van der Waals surface area contributed by atoms with Crippen molar-refractivity contribution >= 4 is 0 Å². The van der Waals surface area contributed by atoms with Gasteiger partial charge in [0.1, 0.15) is 0 Å². The van der Waals surface area contributed by atoms with Crippen LogP contribution in [0.4, 0.5) is 0 Å². The Morgan fingerprint density at radius 2 is 1.59 bits per heavy atom. The molecule has 17 heavy (non-hydrogen) atoms. The van der Waals surface area contributed by atoms with Gasteiger partial charge in [-0.15, -0.1) is 0 Å². The Kier molecular flexibility index (Phi) is 4.00. The van der Waals surface area contributed by atoms with Crippen molar-refractivity contribution in [1.82, 2.24) is 20.2 Å². The summed E-state index contributed by atoms with van der Waals surface area (Å²) in [6.07, 6.45) is 6.97. The van der Waals surface area contributed by atoms with E-state index in [9.17, 15) is 0 Å². The fraction of sp³-hybridized carbons (Fsp3) is 0. The maximum absolute atomic E-state index is 4.15. The fourth-order valence-electron chi connectivity index (χ4n) is 1.23. The van der Waals surface area contributed by atoms with Crippen LogP contribution < -0.4 is 0 Å². The first-order chi connectivity index (χ1) is 8.47. The molecule has 0 aromatic carbocycles. The zero-order valence-electron chi connectivity index (χ0n) is 9.19. The molecule has 3 aromatic heterocycles. The van der Waals surface area contributed by atoms with Crippen LogP contribution in [0.2, 0.25) is 0 Å². The third-order valence-corrected chi connectivity index (χ3v) is 2.01. The Hall–Kier alpha value is -2.49. The van der Waals surface area contributed by atoms with Crippen LogP contribution in [0.1, 0.15) is 0 Å². The summed E-state index contributed by atoms with van der Waals surface area (Å²) in [7, 11) is 0. The van der Waals surface area contributed by atoms with Gasteiger partial charge >= 0.3 is 0 Å². The monoisotopic (exact) mass is 224 g/mol. The number of aromatic nitrogens is 4. The summed E-state index contributed by atoms with van der Waals surface area (Å²) in [5.74, 6) is 0. The SMILES string of the molecule is c1ccc(-c2ccn[nH]2)nc1.c1ccncc1. The van der Waals surface area contributed by atoms with Crippen molar-refractivity contribution in [3.63, 3.8) is 0 Å². The lowest BCUT2D eigenvalue weighted by Crippen LogP contribution is -1.80. The number of nitrogens with one attached hydrogen (secondary N) is 1. The van der Waals surface area contributed by atoms with Crippen molar-refractivity contribution in [3.05, 3.63) is 67.3 Å². The van der Waals surface area contributed by atoms with Gasteiger partial charge in [-0.1, -0.05) is 12.1 Å². The lowest BCUT2D eigenvalue weighted by Gasteiger charge is -1.92. The summed E-state index contributed by atoms with van der Waals surface area (Å²) >= 11 is 0. The van der Waals surface area contributed by atoms with Crippen LogP contribution in [0.15, 0.2) is 67.3 Å². The third kappa shape index (κ3) is 3.53. The maximum Gasteiger partial charge on any atom is 0.0880 e.